The smallest absolute Gasteiger partial charge is 0.342 e. The van der Waals surface area contributed by atoms with Crippen LogP contribution in [0.15, 0.2) is 12.1 Å². The lowest BCUT2D eigenvalue weighted by Gasteiger charge is -2.21. The summed E-state index contributed by atoms with van der Waals surface area (Å²) in [5, 5.41) is 32.6. The van der Waals surface area contributed by atoms with Crippen LogP contribution in [-0.2, 0) is 16.0 Å². The normalized spacial score (nSPS) is 25.5. The van der Waals surface area contributed by atoms with Gasteiger partial charge in [-0.15, -0.1) is 0 Å². The monoisotopic (exact) mass is 367 g/mol. The third-order valence-electron chi connectivity index (χ3n) is 4.35. The second kappa shape index (κ2) is 8.86. The molecule has 2 rings (SSSR count). The number of methoxy groups -OCH3 is 1. The Kier molecular flexibility index (Phi) is 6.82. The number of fused-ring (bicyclic) bond motifs is 1. The summed E-state index contributed by atoms with van der Waals surface area (Å²) in [4.78, 5) is 24.3. The highest BCUT2D eigenvalue weighted by Crippen LogP contribution is 2.30. The molecule has 0 saturated carbocycles. The molecule has 0 aliphatic carbocycles. The van der Waals surface area contributed by atoms with Crippen molar-refractivity contribution in [1.82, 2.24) is 5.32 Å². The summed E-state index contributed by atoms with van der Waals surface area (Å²) in [6, 6.07) is 2.97. The van der Waals surface area contributed by atoms with Crippen molar-refractivity contribution in [1.29, 1.82) is 0 Å². The SMILES string of the molecule is COc1cc(O)c2c(c1)CCC[C@H](O)[C@H](O)C(=O)NCC[C@H](C)OC2=O. The van der Waals surface area contributed by atoms with E-state index in [1.165, 1.54) is 13.2 Å². The molecule has 26 heavy (non-hydrogen) atoms. The van der Waals surface area contributed by atoms with E-state index in [-0.39, 0.29) is 24.3 Å². The molecule has 0 spiro atoms. The number of hydrogen-bond donors (Lipinski definition) is 4. The number of aliphatic hydroxyl groups is 2. The fourth-order valence-corrected chi connectivity index (χ4v) is 2.85. The van der Waals surface area contributed by atoms with Crippen molar-refractivity contribution >= 4 is 11.9 Å². The van der Waals surface area contributed by atoms with Crippen LogP contribution >= 0.6 is 0 Å². The number of aliphatic hydroxyl groups excluding tert-OH is 2. The quantitative estimate of drug-likeness (QED) is 0.533. The van der Waals surface area contributed by atoms with Crippen LogP contribution in [0.3, 0.4) is 0 Å². The van der Waals surface area contributed by atoms with Gasteiger partial charge in [-0.05, 0) is 37.8 Å². The molecule has 0 bridgehead atoms. The van der Waals surface area contributed by atoms with Crippen molar-refractivity contribution in [3.05, 3.63) is 23.3 Å². The van der Waals surface area contributed by atoms with E-state index >= 15 is 0 Å². The Balaban J connectivity index is 2.32. The highest BCUT2D eigenvalue weighted by Gasteiger charge is 2.26. The number of carbonyl (C=O) groups is 2. The van der Waals surface area contributed by atoms with Gasteiger partial charge in [-0.25, -0.2) is 4.79 Å². The summed E-state index contributed by atoms with van der Waals surface area (Å²) in [7, 11) is 1.45. The fraction of sp³-hybridized carbons (Fsp3) is 0.556. The van der Waals surface area contributed by atoms with E-state index in [2.05, 4.69) is 5.32 Å². The van der Waals surface area contributed by atoms with Gasteiger partial charge in [0.25, 0.3) is 5.91 Å². The van der Waals surface area contributed by atoms with Crippen LogP contribution in [0.1, 0.15) is 42.1 Å². The zero-order chi connectivity index (χ0) is 19.3. The Morgan fingerprint density at radius 2 is 1.96 bits per heavy atom. The molecular formula is C18H25NO7. The van der Waals surface area contributed by atoms with E-state index in [1.807, 2.05) is 0 Å². The number of carbonyl (C=O) groups excluding carboxylic acids is 2. The summed E-state index contributed by atoms with van der Waals surface area (Å²) in [5.74, 6) is -1.16. The predicted octanol–water partition coefficient (Wildman–Crippen LogP) is 0.510. The molecule has 4 N–H and O–H groups in total. The summed E-state index contributed by atoms with van der Waals surface area (Å²) in [5.41, 5.74) is 0.580. The molecule has 1 aromatic rings. The molecule has 1 heterocycles. The van der Waals surface area contributed by atoms with Gasteiger partial charge in [-0.1, -0.05) is 0 Å². The van der Waals surface area contributed by atoms with Gasteiger partial charge >= 0.3 is 5.97 Å². The van der Waals surface area contributed by atoms with E-state index in [4.69, 9.17) is 9.47 Å². The van der Waals surface area contributed by atoms with Crippen molar-refractivity contribution < 1.29 is 34.4 Å². The number of ether oxygens (including phenoxy) is 2. The Bertz CT molecular complexity index is 661. The predicted molar refractivity (Wildman–Crippen MR) is 92.1 cm³/mol. The van der Waals surface area contributed by atoms with E-state index < -0.39 is 30.2 Å². The second-order valence-electron chi connectivity index (χ2n) is 6.38. The Morgan fingerprint density at radius 1 is 1.23 bits per heavy atom. The highest BCUT2D eigenvalue weighted by atomic mass is 16.5. The largest absolute Gasteiger partial charge is 0.507 e. The third-order valence-corrected chi connectivity index (χ3v) is 4.35. The van der Waals surface area contributed by atoms with Crippen molar-refractivity contribution in [3.8, 4) is 11.5 Å². The van der Waals surface area contributed by atoms with Gasteiger partial charge < -0.3 is 30.1 Å². The molecule has 0 fully saturated rings. The van der Waals surface area contributed by atoms with E-state index in [1.54, 1.807) is 13.0 Å². The van der Waals surface area contributed by atoms with E-state index in [0.717, 1.165) is 0 Å². The Hall–Kier alpha value is -2.32. The van der Waals surface area contributed by atoms with Gasteiger partial charge in [0, 0.05) is 19.0 Å². The lowest BCUT2D eigenvalue weighted by molar-refractivity contribution is -0.135. The minimum absolute atomic E-state index is 0.0637. The van der Waals surface area contributed by atoms with Crippen LogP contribution in [0.4, 0.5) is 0 Å². The number of hydrogen-bond acceptors (Lipinski definition) is 7. The van der Waals surface area contributed by atoms with Crippen molar-refractivity contribution in [2.45, 2.75) is 50.9 Å². The molecule has 0 unspecified atom stereocenters. The van der Waals surface area contributed by atoms with Crippen molar-refractivity contribution in [3.63, 3.8) is 0 Å². The number of aryl methyl sites for hydroxylation is 1. The number of cyclic esters (lactones) is 1. The number of benzene rings is 1. The third kappa shape index (κ3) is 4.86. The maximum Gasteiger partial charge on any atom is 0.342 e. The standard InChI is InChI=1S/C18H25NO7/c1-10-6-7-19-17(23)16(22)13(20)5-3-4-11-8-12(25-2)9-14(21)15(11)18(24)26-10/h8-10,13,16,20-22H,3-7H2,1-2H3,(H,19,23)/t10-,13-,16-/m0/s1. The summed E-state index contributed by atoms with van der Waals surface area (Å²) < 4.78 is 10.5. The summed E-state index contributed by atoms with van der Waals surface area (Å²) in [6.07, 6.45) is -2.06. The van der Waals surface area contributed by atoms with Gasteiger partial charge in [0.05, 0.1) is 13.2 Å². The average Bonchev–Trinajstić information content (AvgIpc) is 2.59. The molecule has 1 aliphatic rings. The maximum atomic E-state index is 12.5. The molecule has 1 amide bonds. The number of esters is 1. The zero-order valence-corrected chi connectivity index (χ0v) is 14.9. The molecule has 8 heteroatoms. The Morgan fingerprint density at radius 3 is 2.65 bits per heavy atom. The molecule has 144 valence electrons. The molecule has 3 atom stereocenters. The summed E-state index contributed by atoms with van der Waals surface area (Å²) >= 11 is 0. The summed E-state index contributed by atoms with van der Waals surface area (Å²) in [6.45, 7) is 1.85. The molecule has 1 aromatic carbocycles. The van der Waals surface area contributed by atoms with Gasteiger partial charge in [0.15, 0.2) is 6.10 Å². The minimum Gasteiger partial charge on any atom is -0.507 e. The second-order valence-corrected chi connectivity index (χ2v) is 6.38. The van der Waals surface area contributed by atoms with E-state index in [9.17, 15) is 24.9 Å². The first-order valence-corrected chi connectivity index (χ1v) is 8.58. The fourth-order valence-electron chi connectivity index (χ4n) is 2.85. The lowest BCUT2D eigenvalue weighted by atomic mass is 9.97. The topological polar surface area (TPSA) is 125 Å². The van der Waals surface area contributed by atoms with E-state index in [0.29, 0.717) is 30.6 Å². The number of phenolic OH excluding ortho intramolecular Hbond substituents is 1. The van der Waals surface area contributed by atoms with Gasteiger partial charge in [-0.2, -0.15) is 0 Å². The minimum atomic E-state index is -1.52. The number of rotatable bonds is 1. The van der Waals surface area contributed by atoms with Gasteiger partial charge in [0.1, 0.15) is 23.2 Å². The maximum absolute atomic E-state index is 12.5. The van der Waals surface area contributed by atoms with Gasteiger partial charge in [-0.3, -0.25) is 4.79 Å². The van der Waals surface area contributed by atoms with Crippen LogP contribution in [0.25, 0.3) is 0 Å². The van der Waals surface area contributed by atoms with Crippen LogP contribution in [0.5, 0.6) is 11.5 Å². The molecular weight excluding hydrogens is 342 g/mol. The lowest BCUT2D eigenvalue weighted by Crippen LogP contribution is -2.43. The first-order valence-electron chi connectivity index (χ1n) is 8.58. The molecule has 8 nitrogen and oxygen atoms in total. The van der Waals surface area contributed by atoms with Crippen LogP contribution in [-0.4, -0.2) is 59.2 Å². The van der Waals surface area contributed by atoms with Crippen LogP contribution < -0.4 is 10.1 Å². The van der Waals surface area contributed by atoms with Crippen molar-refractivity contribution in [2.24, 2.45) is 0 Å². The molecule has 0 radical (unpaired) electrons. The Labute approximate surface area is 151 Å². The molecule has 0 saturated heterocycles. The number of aromatic hydroxyl groups is 1. The first-order chi connectivity index (χ1) is 12.3. The number of amides is 1. The highest BCUT2D eigenvalue weighted by molar-refractivity contribution is 5.94. The number of nitrogens with one attached hydrogen (secondary N) is 1. The number of phenols is 1. The first kappa shape index (κ1) is 20.0. The van der Waals surface area contributed by atoms with Gasteiger partial charge in [0.2, 0.25) is 0 Å². The van der Waals surface area contributed by atoms with Crippen molar-refractivity contribution in [2.75, 3.05) is 13.7 Å². The molecule has 1 aliphatic heterocycles. The van der Waals surface area contributed by atoms with Crippen LogP contribution in [0, 0.1) is 0 Å². The van der Waals surface area contributed by atoms with Crippen LogP contribution in [0.2, 0.25) is 0 Å². The average molecular weight is 367 g/mol. The molecule has 0 aromatic heterocycles. The zero-order valence-electron chi connectivity index (χ0n) is 14.9.